The summed E-state index contributed by atoms with van der Waals surface area (Å²) in [6.07, 6.45) is 1.14. The van der Waals surface area contributed by atoms with E-state index in [0.717, 1.165) is 5.56 Å². The molecule has 24 heavy (non-hydrogen) atoms. The first-order valence-electron chi connectivity index (χ1n) is 8.43. The van der Waals surface area contributed by atoms with E-state index in [1.165, 1.54) is 0 Å². The second kappa shape index (κ2) is 8.07. The van der Waals surface area contributed by atoms with Crippen LogP contribution >= 0.6 is 0 Å². The van der Waals surface area contributed by atoms with E-state index in [9.17, 15) is 9.59 Å². The van der Waals surface area contributed by atoms with Crippen LogP contribution in [0, 0.1) is 17.2 Å². The summed E-state index contributed by atoms with van der Waals surface area (Å²) < 4.78 is 0. The number of benzene rings is 1. The standard InChI is InChI=1S/C19H25N3O2/c1-13(2)7-19(24)22(17-9-18(14(3)23)21-11-17)12-16-6-4-5-15(8-16)10-20/h4-6,8,13,17-18,21H,7,9,11-12H2,1-3H3/t17-,18-/m0/s1. The Morgan fingerprint density at radius 3 is 2.75 bits per heavy atom. The van der Waals surface area contributed by atoms with E-state index in [4.69, 9.17) is 5.26 Å². The molecule has 1 N–H and O–H groups in total. The second-order valence-electron chi connectivity index (χ2n) is 6.89. The largest absolute Gasteiger partial charge is 0.334 e. The van der Waals surface area contributed by atoms with Gasteiger partial charge in [-0.05, 0) is 37.0 Å². The number of ketones is 1. The van der Waals surface area contributed by atoms with Crippen LogP contribution in [0.4, 0.5) is 0 Å². The van der Waals surface area contributed by atoms with Crippen molar-refractivity contribution in [2.75, 3.05) is 6.54 Å². The van der Waals surface area contributed by atoms with Crippen LogP contribution in [-0.4, -0.2) is 35.2 Å². The van der Waals surface area contributed by atoms with Crippen LogP contribution in [0.3, 0.4) is 0 Å². The van der Waals surface area contributed by atoms with Gasteiger partial charge < -0.3 is 10.2 Å². The summed E-state index contributed by atoms with van der Waals surface area (Å²) >= 11 is 0. The van der Waals surface area contributed by atoms with Crippen LogP contribution in [0.1, 0.15) is 44.7 Å². The fourth-order valence-electron chi connectivity index (χ4n) is 3.09. The van der Waals surface area contributed by atoms with Gasteiger partial charge in [-0.1, -0.05) is 26.0 Å². The van der Waals surface area contributed by atoms with Crippen LogP contribution in [0.2, 0.25) is 0 Å². The molecule has 0 unspecified atom stereocenters. The van der Waals surface area contributed by atoms with Crippen molar-refractivity contribution in [3.63, 3.8) is 0 Å². The minimum Gasteiger partial charge on any atom is -0.334 e. The highest BCUT2D eigenvalue weighted by Crippen LogP contribution is 2.20. The molecule has 1 heterocycles. The van der Waals surface area contributed by atoms with Crippen molar-refractivity contribution in [2.45, 2.75) is 52.2 Å². The molecule has 0 bridgehead atoms. The molecule has 5 heteroatoms. The van der Waals surface area contributed by atoms with Crippen molar-refractivity contribution in [1.82, 2.24) is 10.2 Å². The molecule has 0 aromatic heterocycles. The number of hydrogen-bond acceptors (Lipinski definition) is 4. The first kappa shape index (κ1) is 18.2. The van der Waals surface area contributed by atoms with Crippen LogP contribution < -0.4 is 5.32 Å². The lowest BCUT2D eigenvalue weighted by molar-refractivity contribution is -0.135. The molecule has 1 aliphatic heterocycles. The van der Waals surface area contributed by atoms with E-state index in [0.29, 0.717) is 31.5 Å². The van der Waals surface area contributed by atoms with Gasteiger partial charge in [0.2, 0.25) is 5.91 Å². The average Bonchev–Trinajstić information content (AvgIpc) is 3.02. The Hall–Kier alpha value is -2.19. The van der Waals surface area contributed by atoms with Crippen molar-refractivity contribution in [3.05, 3.63) is 35.4 Å². The minimum atomic E-state index is -0.171. The highest BCUT2D eigenvalue weighted by Gasteiger charge is 2.33. The van der Waals surface area contributed by atoms with Gasteiger partial charge in [-0.2, -0.15) is 5.26 Å². The number of carbonyl (C=O) groups excluding carboxylic acids is 2. The summed E-state index contributed by atoms with van der Waals surface area (Å²) in [5.74, 6) is 0.493. The van der Waals surface area contributed by atoms with Gasteiger partial charge in [0.25, 0.3) is 0 Å². The zero-order valence-corrected chi connectivity index (χ0v) is 14.6. The maximum absolute atomic E-state index is 12.7. The lowest BCUT2D eigenvalue weighted by Gasteiger charge is -2.29. The molecule has 1 aromatic rings. The smallest absolute Gasteiger partial charge is 0.223 e. The fourth-order valence-corrected chi connectivity index (χ4v) is 3.09. The van der Waals surface area contributed by atoms with Gasteiger partial charge in [-0.15, -0.1) is 0 Å². The number of carbonyl (C=O) groups is 2. The van der Waals surface area contributed by atoms with E-state index in [1.807, 2.05) is 36.9 Å². The number of nitrogens with zero attached hydrogens (tertiary/aromatic N) is 2. The van der Waals surface area contributed by atoms with Gasteiger partial charge in [0.05, 0.1) is 17.7 Å². The number of rotatable bonds is 6. The molecule has 1 saturated heterocycles. The van der Waals surface area contributed by atoms with Gasteiger partial charge in [0.15, 0.2) is 0 Å². The highest BCUT2D eigenvalue weighted by molar-refractivity contribution is 5.82. The van der Waals surface area contributed by atoms with Crippen LogP contribution in [0.15, 0.2) is 24.3 Å². The molecule has 1 amide bonds. The van der Waals surface area contributed by atoms with Crippen molar-refractivity contribution in [3.8, 4) is 6.07 Å². The van der Waals surface area contributed by atoms with E-state index in [2.05, 4.69) is 11.4 Å². The Kier molecular flexibility index (Phi) is 6.10. The predicted molar refractivity (Wildman–Crippen MR) is 92.0 cm³/mol. The minimum absolute atomic E-state index is 0.0101. The monoisotopic (exact) mass is 327 g/mol. The van der Waals surface area contributed by atoms with Gasteiger partial charge in [-0.25, -0.2) is 0 Å². The topological polar surface area (TPSA) is 73.2 Å². The quantitative estimate of drug-likeness (QED) is 0.870. The lowest BCUT2D eigenvalue weighted by Crippen LogP contribution is -2.41. The van der Waals surface area contributed by atoms with E-state index in [-0.39, 0.29) is 29.7 Å². The fraction of sp³-hybridized carbons (Fsp3) is 0.526. The van der Waals surface area contributed by atoms with Gasteiger partial charge in [0.1, 0.15) is 5.78 Å². The molecule has 5 nitrogen and oxygen atoms in total. The Labute approximate surface area is 143 Å². The van der Waals surface area contributed by atoms with Crippen LogP contribution in [0.25, 0.3) is 0 Å². The van der Waals surface area contributed by atoms with Crippen LogP contribution in [-0.2, 0) is 16.1 Å². The molecular weight excluding hydrogens is 302 g/mol. The van der Waals surface area contributed by atoms with E-state index >= 15 is 0 Å². The summed E-state index contributed by atoms with van der Waals surface area (Å²) in [7, 11) is 0. The first-order valence-corrected chi connectivity index (χ1v) is 8.43. The third kappa shape index (κ3) is 4.65. The Bertz CT molecular complexity index is 648. The molecule has 0 aliphatic carbocycles. The number of Topliss-reactive ketones (excluding diaryl/α,β-unsaturated/α-hetero) is 1. The zero-order valence-electron chi connectivity index (χ0n) is 14.6. The molecule has 0 radical (unpaired) electrons. The van der Waals surface area contributed by atoms with E-state index < -0.39 is 0 Å². The normalized spacial score (nSPS) is 20.0. The zero-order chi connectivity index (χ0) is 17.7. The molecule has 0 spiro atoms. The molecule has 2 atom stereocenters. The second-order valence-corrected chi connectivity index (χ2v) is 6.89. The Balaban J connectivity index is 2.18. The molecule has 1 aromatic carbocycles. The van der Waals surface area contributed by atoms with E-state index in [1.54, 1.807) is 13.0 Å². The summed E-state index contributed by atoms with van der Waals surface area (Å²) in [5.41, 5.74) is 1.53. The number of hydrogen-bond donors (Lipinski definition) is 1. The maximum atomic E-state index is 12.7. The molecule has 2 rings (SSSR count). The summed E-state index contributed by atoms with van der Waals surface area (Å²) in [4.78, 5) is 26.2. The SMILES string of the molecule is CC(=O)[C@@H]1C[C@H](N(Cc2cccc(C#N)c2)C(=O)CC(C)C)CN1. The molecule has 1 aliphatic rings. The van der Waals surface area contributed by atoms with Crippen molar-refractivity contribution in [2.24, 2.45) is 5.92 Å². The van der Waals surface area contributed by atoms with Crippen molar-refractivity contribution in [1.29, 1.82) is 5.26 Å². The van der Waals surface area contributed by atoms with Gasteiger partial charge in [-0.3, -0.25) is 9.59 Å². The highest BCUT2D eigenvalue weighted by atomic mass is 16.2. The number of nitrogens with one attached hydrogen (secondary N) is 1. The van der Waals surface area contributed by atoms with Gasteiger partial charge >= 0.3 is 0 Å². The van der Waals surface area contributed by atoms with Gasteiger partial charge in [0, 0.05) is 25.6 Å². The summed E-state index contributed by atoms with van der Waals surface area (Å²) in [6.45, 7) is 6.73. The molecular formula is C19H25N3O2. The maximum Gasteiger partial charge on any atom is 0.223 e. The Morgan fingerprint density at radius 1 is 1.42 bits per heavy atom. The van der Waals surface area contributed by atoms with Crippen LogP contribution in [0.5, 0.6) is 0 Å². The first-order chi connectivity index (χ1) is 11.4. The molecule has 0 saturated carbocycles. The van der Waals surface area contributed by atoms with Crippen molar-refractivity contribution < 1.29 is 9.59 Å². The third-order valence-electron chi connectivity index (χ3n) is 4.35. The third-order valence-corrected chi connectivity index (χ3v) is 4.35. The average molecular weight is 327 g/mol. The summed E-state index contributed by atoms with van der Waals surface area (Å²) in [5, 5.41) is 12.3. The molecule has 128 valence electrons. The number of amides is 1. The molecule has 1 fully saturated rings. The predicted octanol–water partition coefficient (Wildman–Crippen LogP) is 2.25. The lowest BCUT2D eigenvalue weighted by atomic mass is 10.0. The summed E-state index contributed by atoms with van der Waals surface area (Å²) in [6, 6.07) is 9.32. The Morgan fingerprint density at radius 2 is 2.17 bits per heavy atom. The van der Waals surface area contributed by atoms with Crippen molar-refractivity contribution >= 4 is 11.7 Å². The number of nitriles is 1.